The van der Waals surface area contributed by atoms with Crippen molar-refractivity contribution >= 4 is 6.03 Å². The largest absolute Gasteiger partial charge is 0.493 e. The Morgan fingerprint density at radius 1 is 1.33 bits per heavy atom. The Labute approximate surface area is 140 Å². The van der Waals surface area contributed by atoms with Crippen molar-refractivity contribution in [3.63, 3.8) is 0 Å². The van der Waals surface area contributed by atoms with Crippen molar-refractivity contribution in [2.24, 2.45) is 0 Å². The van der Waals surface area contributed by atoms with Crippen LogP contribution < -0.4 is 14.8 Å². The van der Waals surface area contributed by atoms with Gasteiger partial charge in [-0.3, -0.25) is 5.10 Å². The molecule has 1 fully saturated rings. The number of H-pyrrole nitrogens is 1. The van der Waals surface area contributed by atoms with Gasteiger partial charge in [-0.05, 0) is 36.6 Å². The van der Waals surface area contributed by atoms with Crippen molar-refractivity contribution in [3.8, 4) is 11.5 Å². The summed E-state index contributed by atoms with van der Waals surface area (Å²) >= 11 is 0. The van der Waals surface area contributed by atoms with E-state index in [1.165, 1.54) is 0 Å². The lowest BCUT2D eigenvalue weighted by atomic mass is 10.0. The second kappa shape index (κ2) is 7.25. The standard InChI is InChI=1S/C17H22N4O3/c1-23-15-6-5-12(10-16(15)24-2)14-4-3-9-21(14)17(22)18-11-13-7-8-19-20-13/h5-8,10,14H,3-4,9,11H2,1-2H3,(H,18,22)(H,19,20)/t14-/m1/s1. The number of carbonyl (C=O) groups is 1. The van der Waals surface area contributed by atoms with E-state index in [0.29, 0.717) is 18.0 Å². The Kier molecular flexibility index (Phi) is 4.88. The zero-order valence-corrected chi connectivity index (χ0v) is 13.9. The summed E-state index contributed by atoms with van der Waals surface area (Å²) in [6.45, 7) is 1.18. The average Bonchev–Trinajstić information content (AvgIpc) is 3.30. The van der Waals surface area contributed by atoms with Crippen LogP contribution in [0.5, 0.6) is 11.5 Å². The molecule has 2 N–H and O–H groups in total. The van der Waals surface area contributed by atoms with Gasteiger partial charge in [-0.25, -0.2) is 4.79 Å². The van der Waals surface area contributed by atoms with E-state index in [2.05, 4.69) is 15.5 Å². The molecule has 0 bridgehead atoms. The predicted octanol–water partition coefficient (Wildman–Crippen LogP) is 2.47. The van der Waals surface area contributed by atoms with Crippen LogP contribution in [0.3, 0.4) is 0 Å². The number of nitrogens with zero attached hydrogens (tertiary/aromatic N) is 2. The number of amides is 2. The molecule has 1 saturated heterocycles. The highest BCUT2D eigenvalue weighted by Gasteiger charge is 2.30. The number of benzene rings is 1. The number of rotatable bonds is 5. The van der Waals surface area contributed by atoms with Crippen molar-refractivity contribution in [1.82, 2.24) is 20.4 Å². The number of carbonyl (C=O) groups excluding carboxylic acids is 1. The Balaban J connectivity index is 1.71. The number of aromatic nitrogens is 2. The summed E-state index contributed by atoms with van der Waals surface area (Å²) < 4.78 is 10.7. The molecule has 1 aromatic heterocycles. The van der Waals surface area contributed by atoms with E-state index >= 15 is 0 Å². The minimum atomic E-state index is -0.0677. The zero-order chi connectivity index (χ0) is 16.9. The number of hydrogen-bond donors (Lipinski definition) is 2. The first-order valence-electron chi connectivity index (χ1n) is 7.97. The molecule has 2 aromatic rings. The fraction of sp³-hybridized carbons (Fsp3) is 0.412. The zero-order valence-electron chi connectivity index (χ0n) is 13.9. The monoisotopic (exact) mass is 330 g/mol. The summed E-state index contributed by atoms with van der Waals surface area (Å²) in [5.41, 5.74) is 1.94. The molecule has 2 heterocycles. The highest BCUT2D eigenvalue weighted by molar-refractivity contribution is 5.75. The second-order valence-electron chi connectivity index (χ2n) is 5.71. The van der Waals surface area contributed by atoms with Crippen molar-refractivity contribution in [2.45, 2.75) is 25.4 Å². The van der Waals surface area contributed by atoms with Crippen LogP contribution in [0.1, 0.15) is 30.1 Å². The fourth-order valence-electron chi connectivity index (χ4n) is 3.07. The van der Waals surface area contributed by atoms with E-state index in [-0.39, 0.29) is 12.1 Å². The Morgan fingerprint density at radius 2 is 2.17 bits per heavy atom. The van der Waals surface area contributed by atoms with Crippen molar-refractivity contribution < 1.29 is 14.3 Å². The Bertz CT molecular complexity index is 687. The molecule has 0 aliphatic carbocycles. The minimum Gasteiger partial charge on any atom is -0.493 e. The average molecular weight is 330 g/mol. The van der Waals surface area contributed by atoms with Crippen molar-refractivity contribution in [2.75, 3.05) is 20.8 Å². The summed E-state index contributed by atoms with van der Waals surface area (Å²) in [5.74, 6) is 1.37. The lowest BCUT2D eigenvalue weighted by Gasteiger charge is -2.26. The molecule has 0 spiro atoms. The number of likely N-dealkylation sites (tertiary alicyclic amines) is 1. The predicted molar refractivity (Wildman–Crippen MR) is 89.1 cm³/mol. The van der Waals surface area contributed by atoms with Gasteiger partial charge in [0.1, 0.15) is 0 Å². The van der Waals surface area contributed by atoms with Crippen LogP contribution in [0.25, 0.3) is 0 Å². The van der Waals surface area contributed by atoms with Crippen molar-refractivity contribution in [1.29, 1.82) is 0 Å². The first-order chi connectivity index (χ1) is 11.7. The summed E-state index contributed by atoms with van der Waals surface area (Å²) in [6.07, 6.45) is 3.59. The lowest BCUT2D eigenvalue weighted by Crippen LogP contribution is -2.39. The Morgan fingerprint density at radius 3 is 2.88 bits per heavy atom. The van der Waals surface area contributed by atoms with E-state index < -0.39 is 0 Å². The first-order valence-corrected chi connectivity index (χ1v) is 7.97. The van der Waals surface area contributed by atoms with Gasteiger partial charge in [0.15, 0.2) is 11.5 Å². The van der Waals surface area contributed by atoms with Gasteiger partial charge in [0.25, 0.3) is 0 Å². The molecule has 0 unspecified atom stereocenters. The number of methoxy groups -OCH3 is 2. The summed E-state index contributed by atoms with van der Waals surface area (Å²) in [7, 11) is 3.23. The Hall–Kier alpha value is -2.70. The third-order valence-electron chi connectivity index (χ3n) is 4.29. The minimum absolute atomic E-state index is 0.0478. The molecule has 0 radical (unpaired) electrons. The molecule has 0 saturated carbocycles. The highest BCUT2D eigenvalue weighted by atomic mass is 16.5. The SMILES string of the molecule is COc1ccc([C@H]2CCCN2C(=O)NCc2ccn[nH]2)cc1OC. The normalized spacial score (nSPS) is 16.9. The van der Waals surface area contributed by atoms with Crippen LogP contribution in [0.15, 0.2) is 30.5 Å². The fourth-order valence-corrected chi connectivity index (χ4v) is 3.07. The number of ether oxygens (including phenoxy) is 2. The molecule has 1 aromatic carbocycles. The first kappa shape index (κ1) is 16.2. The quantitative estimate of drug-likeness (QED) is 0.883. The van der Waals surface area contributed by atoms with Crippen LogP contribution in [-0.2, 0) is 6.54 Å². The van der Waals surface area contributed by atoms with Gasteiger partial charge in [-0.2, -0.15) is 5.10 Å². The maximum absolute atomic E-state index is 12.5. The van der Waals surface area contributed by atoms with Gasteiger partial charge in [0.05, 0.1) is 32.5 Å². The third kappa shape index (κ3) is 3.29. The maximum atomic E-state index is 12.5. The molecule has 1 aliphatic rings. The van der Waals surface area contributed by atoms with Gasteiger partial charge in [0.2, 0.25) is 0 Å². The maximum Gasteiger partial charge on any atom is 0.318 e. The van der Waals surface area contributed by atoms with E-state index in [9.17, 15) is 4.79 Å². The van der Waals surface area contributed by atoms with Crippen LogP contribution in [0, 0.1) is 0 Å². The third-order valence-corrected chi connectivity index (χ3v) is 4.29. The second-order valence-corrected chi connectivity index (χ2v) is 5.71. The van der Waals surface area contributed by atoms with Crippen LogP contribution in [-0.4, -0.2) is 41.9 Å². The molecular formula is C17H22N4O3. The van der Waals surface area contributed by atoms with E-state index in [4.69, 9.17) is 9.47 Å². The summed E-state index contributed by atoms with van der Waals surface area (Å²) in [4.78, 5) is 14.4. The summed E-state index contributed by atoms with van der Waals surface area (Å²) in [6, 6.07) is 7.65. The molecule has 2 amide bonds. The van der Waals surface area contributed by atoms with E-state index in [0.717, 1.165) is 30.6 Å². The topological polar surface area (TPSA) is 79.5 Å². The van der Waals surface area contributed by atoms with Crippen molar-refractivity contribution in [3.05, 3.63) is 41.7 Å². The molecule has 3 rings (SSSR count). The molecule has 24 heavy (non-hydrogen) atoms. The van der Waals surface area contributed by atoms with Crippen LogP contribution in [0.2, 0.25) is 0 Å². The molecule has 1 aliphatic heterocycles. The molecular weight excluding hydrogens is 308 g/mol. The summed E-state index contributed by atoms with van der Waals surface area (Å²) in [5, 5.41) is 9.66. The van der Waals surface area contributed by atoms with Gasteiger partial charge in [-0.1, -0.05) is 6.07 Å². The number of hydrogen-bond acceptors (Lipinski definition) is 4. The van der Waals surface area contributed by atoms with E-state index in [1.54, 1.807) is 20.4 Å². The van der Waals surface area contributed by atoms with Gasteiger partial charge in [0, 0.05) is 12.7 Å². The smallest absolute Gasteiger partial charge is 0.318 e. The molecule has 128 valence electrons. The van der Waals surface area contributed by atoms with Crippen LogP contribution in [0.4, 0.5) is 4.79 Å². The molecule has 7 nitrogen and oxygen atoms in total. The number of urea groups is 1. The van der Waals surface area contributed by atoms with Gasteiger partial charge < -0.3 is 19.7 Å². The highest BCUT2D eigenvalue weighted by Crippen LogP contribution is 2.36. The van der Waals surface area contributed by atoms with Gasteiger partial charge in [-0.15, -0.1) is 0 Å². The van der Waals surface area contributed by atoms with Gasteiger partial charge >= 0.3 is 6.03 Å². The molecule has 1 atom stereocenters. The van der Waals surface area contributed by atoms with Crippen LogP contribution >= 0.6 is 0 Å². The molecule has 7 heteroatoms. The number of nitrogens with one attached hydrogen (secondary N) is 2. The van der Waals surface area contributed by atoms with E-state index in [1.807, 2.05) is 29.2 Å². The number of aromatic amines is 1. The lowest BCUT2D eigenvalue weighted by molar-refractivity contribution is 0.192.